The molecule has 7 heteroatoms. The van der Waals surface area contributed by atoms with Gasteiger partial charge in [0.15, 0.2) is 9.84 Å². The lowest BCUT2D eigenvalue weighted by Crippen LogP contribution is -1.96. The standard InChI is InChI=1S/C10H10N2O4S/c1-17(14,15)6-2-3-7(9(13)4-6)8-5-12-16-10(8)11/h2-5,13H,11H2,1H3. The van der Waals surface area contributed by atoms with E-state index in [0.29, 0.717) is 11.1 Å². The average molecular weight is 254 g/mol. The Balaban J connectivity index is 2.57. The smallest absolute Gasteiger partial charge is 0.230 e. The molecule has 0 fully saturated rings. The summed E-state index contributed by atoms with van der Waals surface area (Å²) >= 11 is 0. The lowest BCUT2D eigenvalue weighted by atomic mass is 10.1. The second kappa shape index (κ2) is 3.77. The fourth-order valence-electron chi connectivity index (χ4n) is 1.42. The summed E-state index contributed by atoms with van der Waals surface area (Å²) < 4.78 is 27.2. The first-order valence-corrected chi connectivity index (χ1v) is 6.52. The number of aromatic hydroxyl groups is 1. The zero-order valence-corrected chi connectivity index (χ0v) is 9.73. The maximum absolute atomic E-state index is 11.3. The Kier molecular flexibility index (Phi) is 2.55. The Morgan fingerprint density at radius 3 is 2.53 bits per heavy atom. The van der Waals surface area contributed by atoms with Gasteiger partial charge in [-0.25, -0.2) is 8.42 Å². The SMILES string of the molecule is CS(=O)(=O)c1ccc(-c2cnoc2N)c(O)c1. The van der Waals surface area contributed by atoms with E-state index in [1.54, 1.807) is 0 Å². The van der Waals surface area contributed by atoms with Crippen molar-refractivity contribution in [3.8, 4) is 16.9 Å². The van der Waals surface area contributed by atoms with E-state index in [0.717, 1.165) is 12.3 Å². The lowest BCUT2D eigenvalue weighted by molar-refractivity contribution is 0.436. The highest BCUT2D eigenvalue weighted by Gasteiger charge is 2.15. The molecule has 0 aliphatic carbocycles. The van der Waals surface area contributed by atoms with E-state index in [9.17, 15) is 13.5 Å². The van der Waals surface area contributed by atoms with Gasteiger partial charge < -0.3 is 15.4 Å². The maximum Gasteiger partial charge on any atom is 0.230 e. The molecule has 6 nitrogen and oxygen atoms in total. The molecule has 0 bridgehead atoms. The minimum Gasteiger partial charge on any atom is -0.507 e. The van der Waals surface area contributed by atoms with Gasteiger partial charge in [0.1, 0.15) is 5.75 Å². The fraction of sp³-hybridized carbons (Fsp3) is 0.100. The molecule has 0 amide bonds. The van der Waals surface area contributed by atoms with E-state index in [1.165, 1.54) is 18.3 Å². The number of hydrogen-bond donors (Lipinski definition) is 2. The number of hydrogen-bond acceptors (Lipinski definition) is 6. The van der Waals surface area contributed by atoms with Crippen molar-refractivity contribution in [3.05, 3.63) is 24.4 Å². The third-order valence-corrected chi connectivity index (χ3v) is 3.40. The summed E-state index contributed by atoms with van der Waals surface area (Å²) in [6.07, 6.45) is 2.42. The predicted molar refractivity (Wildman–Crippen MR) is 61.1 cm³/mol. The highest BCUT2D eigenvalue weighted by atomic mass is 32.2. The number of phenolic OH excluding ortho intramolecular Hbond substituents is 1. The molecule has 0 radical (unpaired) electrons. The van der Waals surface area contributed by atoms with Gasteiger partial charge >= 0.3 is 0 Å². The molecule has 0 aliphatic heterocycles. The van der Waals surface area contributed by atoms with Crippen molar-refractivity contribution in [2.45, 2.75) is 4.90 Å². The fourth-order valence-corrected chi connectivity index (χ4v) is 2.06. The number of aromatic nitrogens is 1. The summed E-state index contributed by atoms with van der Waals surface area (Å²) in [6.45, 7) is 0. The van der Waals surface area contributed by atoms with Crippen LogP contribution in [0.25, 0.3) is 11.1 Å². The Morgan fingerprint density at radius 1 is 1.35 bits per heavy atom. The average Bonchev–Trinajstić information content (AvgIpc) is 2.63. The maximum atomic E-state index is 11.3. The van der Waals surface area contributed by atoms with Crippen molar-refractivity contribution in [2.24, 2.45) is 0 Å². The highest BCUT2D eigenvalue weighted by Crippen LogP contribution is 2.34. The molecule has 0 atom stereocenters. The van der Waals surface area contributed by atoms with Crippen LogP contribution < -0.4 is 5.73 Å². The van der Waals surface area contributed by atoms with Gasteiger partial charge in [0.25, 0.3) is 0 Å². The lowest BCUT2D eigenvalue weighted by Gasteiger charge is -2.04. The van der Waals surface area contributed by atoms with E-state index < -0.39 is 9.84 Å². The van der Waals surface area contributed by atoms with Gasteiger partial charge in [0.05, 0.1) is 16.7 Å². The molecule has 0 unspecified atom stereocenters. The summed E-state index contributed by atoms with van der Waals surface area (Å²) in [4.78, 5) is 0.0359. The Hall–Kier alpha value is -2.02. The number of nitrogens with zero attached hydrogens (tertiary/aromatic N) is 1. The van der Waals surface area contributed by atoms with Crippen LogP contribution in [0.1, 0.15) is 0 Å². The van der Waals surface area contributed by atoms with E-state index in [2.05, 4.69) is 9.68 Å². The molecule has 0 spiro atoms. The molecule has 0 saturated carbocycles. The largest absolute Gasteiger partial charge is 0.507 e. The van der Waals surface area contributed by atoms with Crippen LogP contribution in [0.5, 0.6) is 5.75 Å². The second-order valence-corrected chi connectivity index (χ2v) is 5.57. The first-order valence-electron chi connectivity index (χ1n) is 4.63. The van der Waals surface area contributed by atoms with Gasteiger partial charge in [-0.05, 0) is 18.2 Å². The normalized spacial score (nSPS) is 11.6. The van der Waals surface area contributed by atoms with Crippen molar-refractivity contribution in [3.63, 3.8) is 0 Å². The summed E-state index contributed by atoms with van der Waals surface area (Å²) in [6, 6.07) is 4.00. The van der Waals surface area contributed by atoms with Gasteiger partial charge in [-0.3, -0.25) is 0 Å². The number of benzene rings is 1. The van der Waals surface area contributed by atoms with Crippen LogP contribution in [0, 0.1) is 0 Å². The van der Waals surface area contributed by atoms with Crippen molar-refractivity contribution in [1.29, 1.82) is 0 Å². The number of anilines is 1. The number of sulfone groups is 1. The molecule has 2 rings (SSSR count). The Labute approximate surface area is 97.6 Å². The zero-order chi connectivity index (χ0) is 12.6. The predicted octanol–water partition coefficient (Wildman–Crippen LogP) is 1.03. The summed E-state index contributed by atoms with van der Waals surface area (Å²) in [5.41, 5.74) is 6.30. The van der Waals surface area contributed by atoms with Gasteiger partial charge in [-0.15, -0.1) is 0 Å². The second-order valence-electron chi connectivity index (χ2n) is 3.55. The van der Waals surface area contributed by atoms with Crippen molar-refractivity contribution in [1.82, 2.24) is 5.16 Å². The third-order valence-electron chi connectivity index (χ3n) is 2.29. The highest BCUT2D eigenvalue weighted by molar-refractivity contribution is 7.90. The molecule has 0 saturated heterocycles. The molecule has 2 aromatic rings. The van der Waals surface area contributed by atoms with Gasteiger partial charge in [-0.1, -0.05) is 5.16 Å². The van der Waals surface area contributed by atoms with Crippen LogP contribution in [-0.4, -0.2) is 24.9 Å². The van der Waals surface area contributed by atoms with Crippen molar-refractivity contribution in [2.75, 3.05) is 12.0 Å². The molecule has 17 heavy (non-hydrogen) atoms. The monoisotopic (exact) mass is 254 g/mol. The molecule has 1 heterocycles. The van der Waals surface area contributed by atoms with Crippen LogP contribution in [0.15, 0.2) is 33.8 Å². The number of nitrogen functional groups attached to an aromatic ring is 1. The van der Waals surface area contributed by atoms with Gasteiger partial charge in [0.2, 0.25) is 5.88 Å². The van der Waals surface area contributed by atoms with E-state index >= 15 is 0 Å². The molecule has 1 aromatic heterocycles. The van der Waals surface area contributed by atoms with Crippen LogP contribution in [0.2, 0.25) is 0 Å². The van der Waals surface area contributed by atoms with Crippen LogP contribution >= 0.6 is 0 Å². The molecule has 3 N–H and O–H groups in total. The number of nitrogens with two attached hydrogens (primary N) is 1. The van der Waals surface area contributed by atoms with Crippen molar-refractivity contribution >= 4 is 15.7 Å². The first-order chi connectivity index (χ1) is 7.89. The van der Waals surface area contributed by atoms with Crippen LogP contribution in [0.3, 0.4) is 0 Å². The molecular formula is C10H10N2O4S. The first kappa shape index (κ1) is 11.5. The van der Waals surface area contributed by atoms with Gasteiger partial charge in [0, 0.05) is 11.8 Å². The van der Waals surface area contributed by atoms with Crippen LogP contribution in [-0.2, 0) is 9.84 Å². The topological polar surface area (TPSA) is 106 Å². The molecule has 0 aliphatic rings. The van der Waals surface area contributed by atoms with E-state index in [-0.39, 0.29) is 16.5 Å². The minimum atomic E-state index is -3.35. The quantitative estimate of drug-likeness (QED) is 0.829. The van der Waals surface area contributed by atoms with E-state index in [4.69, 9.17) is 5.73 Å². The summed E-state index contributed by atoms with van der Waals surface area (Å²) in [5.74, 6) is -0.129. The summed E-state index contributed by atoms with van der Waals surface area (Å²) in [5, 5.41) is 13.2. The Morgan fingerprint density at radius 2 is 2.06 bits per heavy atom. The van der Waals surface area contributed by atoms with E-state index in [1.807, 2.05) is 0 Å². The molecular weight excluding hydrogens is 244 g/mol. The minimum absolute atomic E-state index is 0.0359. The number of phenols is 1. The van der Waals surface area contributed by atoms with Crippen LogP contribution in [0.4, 0.5) is 5.88 Å². The Bertz CT molecular complexity index is 661. The number of rotatable bonds is 2. The van der Waals surface area contributed by atoms with Gasteiger partial charge in [-0.2, -0.15) is 0 Å². The molecule has 90 valence electrons. The molecule has 1 aromatic carbocycles. The zero-order valence-electron chi connectivity index (χ0n) is 8.91. The van der Waals surface area contributed by atoms with Crippen molar-refractivity contribution < 1.29 is 18.0 Å². The summed E-state index contributed by atoms with van der Waals surface area (Å²) in [7, 11) is -3.35. The third kappa shape index (κ3) is 2.09.